The van der Waals surface area contributed by atoms with Gasteiger partial charge < -0.3 is 9.64 Å². The molecule has 2 aromatic rings. The van der Waals surface area contributed by atoms with Crippen LogP contribution in [0.3, 0.4) is 0 Å². The zero-order chi connectivity index (χ0) is 21.7. The van der Waals surface area contributed by atoms with Gasteiger partial charge in [-0.2, -0.15) is 4.31 Å². The second-order valence-corrected chi connectivity index (χ2v) is 10.1. The van der Waals surface area contributed by atoms with E-state index < -0.39 is 10.0 Å². The maximum atomic E-state index is 13.6. The molecule has 3 rings (SSSR count). The Morgan fingerprint density at radius 1 is 1.03 bits per heavy atom. The summed E-state index contributed by atoms with van der Waals surface area (Å²) < 4.78 is 34.7. The number of unbranched alkanes of at least 4 members (excludes halogenated alkanes) is 1. The van der Waals surface area contributed by atoms with E-state index in [1.165, 1.54) is 0 Å². The molecule has 1 fully saturated rings. The molecule has 0 spiro atoms. The van der Waals surface area contributed by atoms with Crippen LogP contribution in [-0.4, -0.2) is 45.5 Å². The van der Waals surface area contributed by atoms with Crippen LogP contribution in [-0.2, 0) is 10.0 Å². The highest BCUT2D eigenvalue weighted by Gasteiger charge is 2.32. The lowest BCUT2D eigenvalue weighted by Gasteiger charge is -2.35. The molecule has 1 saturated heterocycles. The molecule has 0 unspecified atom stereocenters. The van der Waals surface area contributed by atoms with Gasteiger partial charge in [-0.3, -0.25) is 0 Å². The lowest BCUT2D eigenvalue weighted by atomic mass is 9.98. The highest BCUT2D eigenvalue weighted by atomic mass is 32.2. The summed E-state index contributed by atoms with van der Waals surface area (Å²) in [4.78, 5) is 2.54. The zero-order valence-electron chi connectivity index (χ0n) is 18.6. The molecule has 2 aromatic carbocycles. The predicted octanol–water partition coefficient (Wildman–Crippen LogP) is 4.81. The second-order valence-electron chi connectivity index (χ2n) is 8.24. The molecule has 0 bridgehead atoms. The molecule has 6 heteroatoms. The van der Waals surface area contributed by atoms with Gasteiger partial charge in [0.2, 0.25) is 10.0 Å². The highest BCUT2D eigenvalue weighted by molar-refractivity contribution is 7.89. The summed E-state index contributed by atoms with van der Waals surface area (Å²) in [5.74, 6) is 0.731. The summed E-state index contributed by atoms with van der Waals surface area (Å²) in [6.07, 6.45) is 1.91. The number of benzene rings is 2. The van der Waals surface area contributed by atoms with Crippen LogP contribution in [0, 0.1) is 6.92 Å². The molecular weight excluding hydrogens is 396 g/mol. The summed E-state index contributed by atoms with van der Waals surface area (Å²) in [6.45, 7) is 11.1. The summed E-state index contributed by atoms with van der Waals surface area (Å²) in [5, 5.41) is 0. The lowest BCUT2D eigenvalue weighted by molar-refractivity contribution is 0.299. The number of aryl methyl sites for hydroxylation is 1. The van der Waals surface area contributed by atoms with E-state index in [0.717, 1.165) is 29.7 Å². The molecule has 0 atom stereocenters. The van der Waals surface area contributed by atoms with Crippen molar-refractivity contribution in [1.29, 1.82) is 0 Å². The number of hydrogen-bond donors (Lipinski definition) is 0. The van der Waals surface area contributed by atoms with Crippen molar-refractivity contribution in [3.8, 4) is 5.75 Å². The zero-order valence-corrected chi connectivity index (χ0v) is 19.4. The van der Waals surface area contributed by atoms with Crippen LogP contribution < -0.4 is 9.64 Å². The smallest absolute Gasteiger partial charge is 0.246 e. The van der Waals surface area contributed by atoms with Gasteiger partial charge in [-0.25, -0.2) is 8.42 Å². The number of para-hydroxylation sites is 1. The van der Waals surface area contributed by atoms with Gasteiger partial charge >= 0.3 is 0 Å². The Bertz CT molecular complexity index is 934. The molecular formula is C24H34N2O3S. The van der Waals surface area contributed by atoms with E-state index in [9.17, 15) is 8.42 Å². The first kappa shape index (κ1) is 22.6. The van der Waals surface area contributed by atoms with E-state index in [1.807, 2.05) is 37.3 Å². The Balaban J connectivity index is 1.86. The van der Waals surface area contributed by atoms with Gasteiger partial charge in [-0.15, -0.1) is 0 Å². The van der Waals surface area contributed by atoms with Crippen molar-refractivity contribution in [2.24, 2.45) is 0 Å². The monoisotopic (exact) mass is 430 g/mol. The Hall–Kier alpha value is -2.05. The number of piperazine rings is 1. The van der Waals surface area contributed by atoms with Crippen molar-refractivity contribution < 1.29 is 13.2 Å². The van der Waals surface area contributed by atoms with Crippen LogP contribution in [0.1, 0.15) is 50.7 Å². The number of ether oxygens (including phenoxy) is 1. The fourth-order valence-electron chi connectivity index (χ4n) is 3.90. The van der Waals surface area contributed by atoms with E-state index >= 15 is 0 Å². The van der Waals surface area contributed by atoms with E-state index in [1.54, 1.807) is 4.31 Å². The third kappa shape index (κ3) is 4.98. The molecule has 0 amide bonds. The van der Waals surface area contributed by atoms with Gasteiger partial charge in [-0.05, 0) is 54.7 Å². The number of sulfonamides is 1. The third-order valence-electron chi connectivity index (χ3n) is 5.69. The molecule has 0 saturated carbocycles. The van der Waals surface area contributed by atoms with E-state index in [0.29, 0.717) is 43.4 Å². The number of rotatable bonds is 8. The van der Waals surface area contributed by atoms with Gasteiger partial charge in [0.25, 0.3) is 0 Å². The highest BCUT2D eigenvalue weighted by Crippen LogP contribution is 2.34. The van der Waals surface area contributed by atoms with Crippen molar-refractivity contribution in [3.05, 3.63) is 53.6 Å². The van der Waals surface area contributed by atoms with Crippen LogP contribution in [0.2, 0.25) is 0 Å². The maximum Gasteiger partial charge on any atom is 0.246 e. The lowest BCUT2D eigenvalue weighted by Crippen LogP contribution is -2.48. The van der Waals surface area contributed by atoms with Gasteiger partial charge in [0, 0.05) is 31.9 Å². The first-order valence-corrected chi connectivity index (χ1v) is 12.4. The van der Waals surface area contributed by atoms with Crippen molar-refractivity contribution in [2.75, 3.05) is 37.7 Å². The molecule has 30 heavy (non-hydrogen) atoms. The molecule has 1 aliphatic heterocycles. The minimum absolute atomic E-state index is 0.249. The number of nitrogens with zero attached hydrogens (tertiary/aromatic N) is 2. The van der Waals surface area contributed by atoms with Gasteiger partial charge in [-0.1, -0.05) is 45.4 Å². The van der Waals surface area contributed by atoms with Crippen LogP contribution >= 0.6 is 0 Å². The summed E-state index contributed by atoms with van der Waals surface area (Å²) in [5.41, 5.74) is 3.26. The average molecular weight is 431 g/mol. The molecule has 0 aliphatic carbocycles. The fraction of sp³-hybridized carbons (Fsp3) is 0.500. The Labute approximate surface area is 181 Å². The van der Waals surface area contributed by atoms with Crippen LogP contribution in [0.5, 0.6) is 5.75 Å². The quantitative estimate of drug-likeness (QED) is 0.564. The maximum absolute atomic E-state index is 13.6. The molecule has 0 N–H and O–H groups in total. The first-order chi connectivity index (χ1) is 14.3. The van der Waals surface area contributed by atoms with Crippen molar-refractivity contribution in [1.82, 2.24) is 4.31 Å². The SMILES string of the molecule is CCCCOc1cc(C)c(C(C)C)cc1S(=O)(=O)N1CCN(c2ccccc2)CC1. The van der Waals surface area contributed by atoms with Crippen molar-refractivity contribution in [3.63, 3.8) is 0 Å². The Morgan fingerprint density at radius 2 is 1.70 bits per heavy atom. The second kappa shape index (κ2) is 9.84. The van der Waals surface area contributed by atoms with Gasteiger partial charge in [0.15, 0.2) is 0 Å². The molecule has 0 radical (unpaired) electrons. The van der Waals surface area contributed by atoms with Crippen LogP contribution in [0.15, 0.2) is 47.4 Å². The van der Waals surface area contributed by atoms with E-state index in [4.69, 9.17) is 4.74 Å². The minimum Gasteiger partial charge on any atom is -0.492 e. The summed E-state index contributed by atoms with van der Waals surface area (Å²) in [7, 11) is -3.63. The molecule has 1 aliphatic rings. The van der Waals surface area contributed by atoms with Crippen molar-refractivity contribution >= 4 is 15.7 Å². The normalized spacial score (nSPS) is 15.6. The molecule has 164 valence electrons. The number of hydrogen-bond acceptors (Lipinski definition) is 4. The largest absolute Gasteiger partial charge is 0.492 e. The standard InChI is InChI=1S/C24H34N2O3S/c1-5-6-16-29-23-17-20(4)22(19(2)3)18-24(23)30(27,28)26-14-12-25(13-15-26)21-10-8-7-9-11-21/h7-11,17-19H,5-6,12-16H2,1-4H3. The first-order valence-electron chi connectivity index (χ1n) is 10.9. The molecule has 5 nitrogen and oxygen atoms in total. The third-order valence-corrected chi connectivity index (χ3v) is 7.61. The van der Waals surface area contributed by atoms with Gasteiger partial charge in [0.1, 0.15) is 10.6 Å². The molecule has 0 aromatic heterocycles. The Kier molecular flexibility index (Phi) is 7.42. The van der Waals surface area contributed by atoms with Crippen LogP contribution in [0.4, 0.5) is 5.69 Å². The Morgan fingerprint density at radius 3 is 2.30 bits per heavy atom. The summed E-state index contributed by atoms with van der Waals surface area (Å²) >= 11 is 0. The van der Waals surface area contributed by atoms with E-state index in [-0.39, 0.29) is 5.92 Å². The van der Waals surface area contributed by atoms with E-state index in [2.05, 4.69) is 37.8 Å². The topological polar surface area (TPSA) is 49.9 Å². The average Bonchev–Trinajstić information content (AvgIpc) is 2.74. The van der Waals surface area contributed by atoms with Crippen LogP contribution in [0.25, 0.3) is 0 Å². The summed E-state index contributed by atoms with van der Waals surface area (Å²) in [6, 6.07) is 13.9. The molecule has 1 heterocycles. The van der Waals surface area contributed by atoms with Gasteiger partial charge in [0.05, 0.1) is 6.61 Å². The minimum atomic E-state index is -3.63. The number of anilines is 1. The fourth-order valence-corrected chi connectivity index (χ4v) is 5.47. The predicted molar refractivity (Wildman–Crippen MR) is 123 cm³/mol. The van der Waals surface area contributed by atoms with Crippen molar-refractivity contribution in [2.45, 2.75) is 51.3 Å².